The molecule has 2 rings (SSSR count). The molecule has 0 aromatic rings. The van der Waals surface area contributed by atoms with Gasteiger partial charge in [0.2, 0.25) is 0 Å². The molecule has 0 aliphatic heterocycles. The second-order valence-corrected chi connectivity index (χ2v) is 6.35. The Balaban J connectivity index is 2.13. The molecule has 2 heteroatoms. The van der Waals surface area contributed by atoms with Crippen LogP contribution < -0.4 is 5.32 Å². The fourth-order valence-corrected chi connectivity index (χ4v) is 3.08. The van der Waals surface area contributed by atoms with E-state index >= 15 is 0 Å². The number of hydrogen-bond donors (Lipinski definition) is 1. The molecule has 0 amide bonds. The zero-order valence-electron chi connectivity index (χ0n) is 11.1. The fraction of sp³-hybridized carbons (Fsp3) is 0.786. The van der Waals surface area contributed by atoms with Crippen LogP contribution in [0, 0.1) is 23.2 Å². The smallest absolute Gasteiger partial charge is 0.161 e. The number of carbonyl (C=O) groups is 1. The maximum absolute atomic E-state index is 11.9. The molecule has 2 fully saturated rings. The lowest BCUT2D eigenvalue weighted by Gasteiger charge is -2.15. The average Bonchev–Trinajstić information content (AvgIpc) is 2.59. The van der Waals surface area contributed by atoms with Gasteiger partial charge in [0.05, 0.1) is 0 Å². The molecule has 90 valence electrons. The van der Waals surface area contributed by atoms with Crippen LogP contribution in [0.4, 0.5) is 0 Å². The number of ketones is 1. The molecular weight excluding hydrogens is 198 g/mol. The van der Waals surface area contributed by atoms with Gasteiger partial charge in [-0.25, -0.2) is 0 Å². The summed E-state index contributed by atoms with van der Waals surface area (Å²) in [5.41, 5.74) is 2.58. The van der Waals surface area contributed by atoms with Crippen molar-refractivity contribution in [2.75, 3.05) is 6.54 Å². The van der Waals surface area contributed by atoms with Gasteiger partial charge in [0, 0.05) is 24.2 Å². The standard InChI is InChI=1S/C14H23NO/c1-8(2)7-15-9(3)12-11(16)6-10-13(12)14(10,4)5/h8,10,13,15H,6-7H2,1-5H3/b12-9+/t10-,13-/m0/s1. The first-order valence-corrected chi connectivity index (χ1v) is 6.33. The largest absolute Gasteiger partial charge is 0.388 e. The predicted octanol–water partition coefficient (Wildman–Crippen LogP) is 2.75. The number of Topliss-reactive ketones (excluding diaryl/α,β-unsaturated/α-hetero) is 1. The third-order valence-electron chi connectivity index (χ3n) is 4.25. The highest BCUT2D eigenvalue weighted by molar-refractivity contribution is 6.01. The Morgan fingerprint density at radius 1 is 1.50 bits per heavy atom. The van der Waals surface area contributed by atoms with E-state index in [9.17, 15) is 4.79 Å². The van der Waals surface area contributed by atoms with Crippen LogP contribution >= 0.6 is 0 Å². The first-order valence-electron chi connectivity index (χ1n) is 6.33. The Morgan fingerprint density at radius 3 is 2.62 bits per heavy atom. The van der Waals surface area contributed by atoms with Crippen molar-refractivity contribution in [3.05, 3.63) is 11.3 Å². The zero-order valence-corrected chi connectivity index (χ0v) is 11.1. The average molecular weight is 221 g/mol. The van der Waals surface area contributed by atoms with Crippen molar-refractivity contribution < 1.29 is 4.79 Å². The Bertz CT molecular complexity index is 352. The van der Waals surface area contributed by atoms with Crippen LogP contribution in [-0.4, -0.2) is 12.3 Å². The summed E-state index contributed by atoms with van der Waals surface area (Å²) >= 11 is 0. The van der Waals surface area contributed by atoms with Crippen LogP contribution in [0.1, 0.15) is 41.0 Å². The summed E-state index contributed by atoms with van der Waals surface area (Å²) in [5, 5.41) is 3.41. The molecule has 1 N–H and O–H groups in total. The zero-order chi connectivity index (χ0) is 12.1. The summed E-state index contributed by atoms with van der Waals surface area (Å²) in [5.74, 6) is 2.14. The van der Waals surface area contributed by atoms with Gasteiger partial charge in [-0.15, -0.1) is 0 Å². The number of carbonyl (C=O) groups excluding carboxylic acids is 1. The van der Waals surface area contributed by atoms with E-state index < -0.39 is 0 Å². The van der Waals surface area contributed by atoms with Gasteiger partial charge in [0.15, 0.2) is 5.78 Å². The molecule has 0 unspecified atom stereocenters. The van der Waals surface area contributed by atoms with Crippen LogP contribution in [-0.2, 0) is 4.79 Å². The van der Waals surface area contributed by atoms with Gasteiger partial charge in [0.25, 0.3) is 0 Å². The minimum absolute atomic E-state index is 0.365. The third kappa shape index (κ3) is 1.68. The minimum Gasteiger partial charge on any atom is -0.388 e. The lowest BCUT2D eigenvalue weighted by atomic mass is 9.95. The molecule has 16 heavy (non-hydrogen) atoms. The molecule has 0 bridgehead atoms. The van der Waals surface area contributed by atoms with Crippen molar-refractivity contribution in [1.82, 2.24) is 5.32 Å². The van der Waals surface area contributed by atoms with Crippen LogP contribution in [0.5, 0.6) is 0 Å². The highest BCUT2D eigenvalue weighted by Gasteiger charge is 2.65. The van der Waals surface area contributed by atoms with Gasteiger partial charge in [-0.05, 0) is 30.1 Å². The van der Waals surface area contributed by atoms with Gasteiger partial charge < -0.3 is 5.32 Å². The summed E-state index contributed by atoms with van der Waals surface area (Å²) in [6, 6.07) is 0. The van der Waals surface area contributed by atoms with Crippen LogP contribution in [0.2, 0.25) is 0 Å². The Labute approximate surface area is 98.5 Å². The second-order valence-electron chi connectivity index (χ2n) is 6.35. The van der Waals surface area contributed by atoms with E-state index in [-0.39, 0.29) is 0 Å². The van der Waals surface area contributed by atoms with E-state index in [1.165, 1.54) is 0 Å². The molecule has 0 aromatic heterocycles. The van der Waals surface area contributed by atoms with Gasteiger partial charge >= 0.3 is 0 Å². The fourth-order valence-electron chi connectivity index (χ4n) is 3.08. The Morgan fingerprint density at radius 2 is 2.12 bits per heavy atom. The third-order valence-corrected chi connectivity index (χ3v) is 4.25. The van der Waals surface area contributed by atoms with E-state index in [0.717, 1.165) is 24.2 Å². The first kappa shape index (κ1) is 11.7. The molecule has 2 aliphatic carbocycles. The highest BCUT2D eigenvalue weighted by Crippen LogP contribution is 2.68. The Hall–Kier alpha value is -0.790. The maximum Gasteiger partial charge on any atom is 0.161 e. The van der Waals surface area contributed by atoms with E-state index in [1.54, 1.807) is 0 Å². The lowest BCUT2D eigenvalue weighted by Crippen LogP contribution is -2.21. The molecule has 0 aromatic carbocycles. The molecule has 0 radical (unpaired) electrons. The lowest BCUT2D eigenvalue weighted by molar-refractivity contribution is -0.115. The highest BCUT2D eigenvalue weighted by atomic mass is 16.1. The molecule has 0 heterocycles. The Kier molecular flexibility index (Phi) is 2.64. The molecule has 2 aliphatic rings. The molecule has 0 saturated heterocycles. The van der Waals surface area contributed by atoms with Crippen LogP contribution in [0.15, 0.2) is 11.3 Å². The molecule has 2 atom stereocenters. The van der Waals surface area contributed by atoms with Gasteiger partial charge in [-0.1, -0.05) is 27.7 Å². The number of hydrogen-bond acceptors (Lipinski definition) is 2. The number of fused-ring (bicyclic) bond motifs is 1. The normalized spacial score (nSPS) is 34.0. The minimum atomic E-state index is 0.365. The quantitative estimate of drug-likeness (QED) is 0.742. The van der Waals surface area contributed by atoms with Crippen LogP contribution in [0.3, 0.4) is 0 Å². The summed E-state index contributed by atoms with van der Waals surface area (Å²) in [7, 11) is 0. The van der Waals surface area contributed by atoms with E-state index in [4.69, 9.17) is 0 Å². The second kappa shape index (κ2) is 3.61. The number of nitrogens with one attached hydrogen (secondary N) is 1. The SMILES string of the molecule is C/C(NCC(C)C)=C1/C(=O)C[C@H]2[C@@H]1C2(C)C. The van der Waals surface area contributed by atoms with Gasteiger partial charge in [-0.3, -0.25) is 4.79 Å². The van der Waals surface area contributed by atoms with Crippen molar-refractivity contribution in [3.8, 4) is 0 Å². The van der Waals surface area contributed by atoms with E-state index in [0.29, 0.717) is 29.0 Å². The van der Waals surface area contributed by atoms with E-state index in [2.05, 4.69) is 39.9 Å². The van der Waals surface area contributed by atoms with Crippen molar-refractivity contribution in [1.29, 1.82) is 0 Å². The van der Waals surface area contributed by atoms with Crippen molar-refractivity contribution in [2.24, 2.45) is 23.2 Å². The predicted molar refractivity (Wildman–Crippen MR) is 65.9 cm³/mol. The first-order chi connectivity index (χ1) is 7.35. The number of rotatable bonds is 3. The summed E-state index contributed by atoms with van der Waals surface area (Å²) in [4.78, 5) is 11.9. The van der Waals surface area contributed by atoms with Crippen molar-refractivity contribution >= 4 is 5.78 Å². The summed E-state index contributed by atoms with van der Waals surface area (Å²) in [6.07, 6.45) is 0.772. The summed E-state index contributed by atoms with van der Waals surface area (Å²) in [6.45, 7) is 12.0. The van der Waals surface area contributed by atoms with E-state index in [1.807, 2.05) is 0 Å². The maximum atomic E-state index is 11.9. The molecule has 2 saturated carbocycles. The van der Waals surface area contributed by atoms with Crippen LogP contribution in [0.25, 0.3) is 0 Å². The molecule has 2 nitrogen and oxygen atoms in total. The van der Waals surface area contributed by atoms with Crippen molar-refractivity contribution in [2.45, 2.75) is 41.0 Å². The van der Waals surface area contributed by atoms with Crippen molar-refractivity contribution in [3.63, 3.8) is 0 Å². The molecular formula is C14H23NO. The van der Waals surface area contributed by atoms with Gasteiger partial charge in [0.1, 0.15) is 0 Å². The number of allylic oxidation sites excluding steroid dienone is 2. The summed E-state index contributed by atoms with van der Waals surface area (Å²) < 4.78 is 0. The van der Waals surface area contributed by atoms with Gasteiger partial charge in [-0.2, -0.15) is 0 Å². The topological polar surface area (TPSA) is 29.1 Å². The monoisotopic (exact) mass is 221 g/mol. The molecule has 0 spiro atoms.